The summed E-state index contributed by atoms with van der Waals surface area (Å²) in [5, 5.41) is 9.16. The molecular formula is C13H12F3N3OS. The zero-order valence-electron chi connectivity index (χ0n) is 10.9. The molecule has 2 rings (SSSR count). The van der Waals surface area contributed by atoms with E-state index in [9.17, 15) is 18.0 Å². The molecule has 2 aromatic rings. The molecule has 0 radical (unpaired) electrons. The second kappa shape index (κ2) is 6.21. The van der Waals surface area contributed by atoms with Gasteiger partial charge in [-0.1, -0.05) is 0 Å². The second-order valence-corrected chi connectivity index (χ2v) is 5.44. The van der Waals surface area contributed by atoms with Gasteiger partial charge in [-0.2, -0.15) is 18.3 Å². The minimum Gasteiger partial charge on any atom is -0.345 e. The number of alkyl halides is 3. The molecular weight excluding hydrogens is 303 g/mol. The average molecular weight is 315 g/mol. The van der Waals surface area contributed by atoms with Crippen LogP contribution in [0.2, 0.25) is 0 Å². The van der Waals surface area contributed by atoms with E-state index >= 15 is 0 Å². The summed E-state index contributed by atoms with van der Waals surface area (Å²) in [5.41, 5.74) is -3.22. The molecule has 1 aromatic carbocycles. The molecule has 21 heavy (non-hydrogen) atoms. The number of H-pyrrole nitrogens is 1. The molecule has 0 saturated carbocycles. The standard InChI is InChI=1S/C13H12F3N3OS/c1-8(10-6-17-18-7-10)19-12(20)9-2-4-11(5-3-9)21-13(14,15)16/h2-8H,1H3,(H,17,18)(H,19,20). The first-order valence-electron chi connectivity index (χ1n) is 6.00. The van der Waals surface area contributed by atoms with Crippen LogP contribution >= 0.6 is 11.8 Å². The predicted molar refractivity (Wildman–Crippen MR) is 72.8 cm³/mol. The normalized spacial score (nSPS) is 13.0. The molecule has 0 saturated heterocycles. The first kappa shape index (κ1) is 15.4. The molecule has 2 N–H and O–H groups in total. The molecule has 1 atom stereocenters. The van der Waals surface area contributed by atoms with Gasteiger partial charge in [0.1, 0.15) is 0 Å². The highest BCUT2D eigenvalue weighted by Crippen LogP contribution is 2.36. The number of benzene rings is 1. The first-order chi connectivity index (χ1) is 9.85. The van der Waals surface area contributed by atoms with Crippen molar-refractivity contribution < 1.29 is 18.0 Å². The topological polar surface area (TPSA) is 57.8 Å². The highest BCUT2D eigenvalue weighted by molar-refractivity contribution is 8.00. The molecule has 0 bridgehead atoms. The monoisotopic (exact) mass is 315 g/mol. The third kappa shape index (κ3) is 4.52. The number of amides is 1. The lowest BCUT2D eigenvalue weighted by molar-refractivity contribution is -0.0328. The van der Waals surface area contributed by atoms with Crippen LogP contribution in [0.15, 0.2) is 41.6 Å². The molecule has 0 aliphatic rings. The molecule has 1 amide bonds. The second-order valence-electron chi connectivity index (χ2n) is 4.30. The molecule has 0 fully saturated rings. The Balaban J connectivity index is 2.00. The summed E-state index contributed by atoms with van der Waals surface area (Å²) >= 11 is -0.211. The van der Waals surface area contributed by atoms with Crippen LogP contribution in [0.25, 0.3) is 0 Å². The van der Waals surface area contributed by atoms with Crippen molar-refractivity contribution in [3.05, 3.63) is 47.8 Å². The van der Waals surface area contributed by atoms with E-state index in [1.807, 2.05) is 0 Å². The minimum atomic E-state index is -4.33. The lowest BCUT2D eigenvalue weighted by atomic mass is 10.1. The van der Waals surface area contributed by atoms with Crippen LogP contribution in [-0.2, 0) is 0 Å². The van der Waals surface area contributed by atoms with Gasteiger partial charge in [-0.15, -0.1) is 0 Å². The Labute approximate surface area is 123 Å². The van der Waals surface area contributed by atoms with Crippen molar-refractivity contribution in [3.8, 4) is 0 Å². The maximum atomic E-state index is 12.2. The van der Waals surface area contributed by atoms with Crippen LogP contribution < -0.4 is 5.32 Å². The molecule has 1 unspecified atom stereocenters. The zero-order valence-corrected chi connectivity index (χ0v) is 11.8. The minimum absolute atomic E-state index is 0.0435. The van der Waals surface area contributed by atoms with Gasteiger partial charge in [-0.3, -0.25) is 9.89 Å². The molecule has 1 heterocycles. The van der Waals surface area contributed by atoms with Gasteiger partial charge in [0.05, 0.1) is 12.2 Å². The summed E-state index contributed by atoms with van der Waals surface area (Å²) < 4.78 is 36.6. The van der Waals surface area contributed by atoms with Crippen molar-refractivity contribution in [1.82, 2.24) is 15.5 Å². The summed E-state index contributed by atoms with van der Waals surface area (Å²) in [6.45, 7) is 1.79. The van der Waals surface area contributed by atoms with Crippen molar-refractivity contribution in [2.75, 3.05) is 0 Å². The van der Waals surface area contributed by atoms with Gasteiger partial charge in [0.2, 0.25) is 0 Å². The number of carbonyl (C=O) groups excluding carboxylic acids is 1. The fraction of sp³-hybridized carbons (Fsp3) is 0.231. The van der Waals surface area contributed by atoms with E-state index in [4.69, 9.17) is 0 Å². The Morgan fingerprint density at radius 1 is 1.33 bits per heavy atom. The maximum absolute atomic E-state index is 12.2. The molecule has 0 aliphatic carbocycles. The van der Waals surface area contributed by atoms with Gasteiger partial charge < -0.3 is 5.32 Å². The van der Waals surface area contributed by atoms with Crippen molar-refractivity contribution in [3.63, 3.8) is 0 Å². The Hall–Kier alpha value is -1.96. The lowest BCUT2D eigenvalue weighted by Gasteiger charge is -2.12. The van der Waals surface area contributed by atoms with Crippen molar-refractivity contribution in [1.29, 1.82) is 0 Å². The third-order valence-electron chi connectivity index (χ3n) is 2.72. The quantitative estimate of drug-likeness (QED) is 0.849. The van der Waals surface area contributed by atoms with E-state index in [0.717, 1.165) is 5.56 Å². The summed E-state index contributed by atoms with van der Waals surface area (Å²) in [7, 11) is 0. The van der Waals surface area contributed by atoms with Gasteiger partial charge in [-0.25, -0.2) is 0 Å². The van der Waals surface area contributed by atoms with Gasteiger partial charge in [0, 0.05) is 22.2 Å². The summed E-state index contributed by atoms with van der Waals surface area (Å²) in [5.74, 6) is -0.354. The largest absolute Gasteiger partial charge is 0.446 e. The van der Waals surface area contributed by atoms with Gasteiger partial charge >= 0.3 is 5.51 Å². The predicted octanol–water partition coefficient (Wildman–Crippen LogP) is 3.51. The molecule has 0 spiro atoms. The average Bonchev–Trinajstić information content (AvgIpc) is 2.91. The number of carbonyl (C=O) groups is 1. The number of nitrogens with zero attached hydrogens (tertiary/aromatic N) is 1. The molecule has 8 heteroatoms. The highest BCUT2D eigenvalue weighted by Gasteiger charge is 2.29. The summed E-state index contributed by atoms with van der Waals surface area (Å²) in [6, 6.07) is 5.03. The van der Waals surface area contributed by atoms with E-state index < -0.39 is 5.51 Å². The highest BCUT2D eigenvalue weighted by atomic mass is 32.2. The van der Waals surface area contributed by atoms with Crippen LogP contribution in [-0.4, -0.2) is 21.6 Å². The van der Waals surface area contributed by atoms with Crippen LogP contribution in [0.1, 0.15) is 28.9 Å². The van der Waals surface area contributed by atoms with E-state index in [1.165, 1.54) is 24.3 Å². The SMILES string of the molecule is CC(NC(=O)c1ccc(SC(F)(F)F)cc1)c1cn[nH]c1. The van der Waals surface area contributed by atoms with Crippen LogP contribution in [0.3, 0.4) is 0 Å². The number of aromatic nitrogens is 2. The third-order valence-corrected chi connectivity index (χ3v) is 3.46. The molecule has 0 aliphatic heterocycles. The molecule has 112 valence electrons. The Morgan fingerprint density at radius 3 is 2.52 bits per heavy atom. The Kier molecular flexibility index (Phi) is 4.56. The smallest absolute Gasteiger partial charge is 0.345 e. The van der Waals surface area contributed by atoms with Crippen LogP contribution in [0.4, 0.5) is 13.2 Å². The Bertz CT molecular complexity index is 596. The summed E-state index contributed by atoms with van der Waals surface area (Å²) in [6.07, 6.45) is 3.25. The summed E-state index contributed by atoms with van der Waals surface area (Å²) in [4.78, 5) is 12.0. The van der Waals surface area contributed by atoms with E-state index in [0.29, 0.717) is 5.56 Å². The van der Waals surface area contributed by atoms with Gasteiger partial charge in [0.15, 0.2) is 0 Å². The van der Waals surface area contributed by atoms with Crippen molar-refractivity contribution in [2.24, 2.45) is 0 Å². The van der Waals surface area contributed by atoms with Crippen molar-refractivity contribution >= 4 is 17.7 Å². The zero-order chi connectivity index (χ0) is 15.5. The maximum Gasteiger partial charge on any atom is 0.446 e. The number of thioether (sulfide) groups is 1. The van der Waals surface area contributed by atoms with Crippen LogP contribution in [0, 0.1) is 0 Å². The first-order valence-corrected chi connectivity index (χ1v) is 6.82. The van der Waals surface area contributed by atoms with E-state index in [-0.39, 0.29) is 28.6 Å². The fourth-order valence-corrected chi connectivity index (χ4v) is 2.21. The van der Waals surface area contributed by atoms with E-state index in [1.54, 1.807) is 19.3 Å². The number of aromatic amines is 1. The number of rotatable bonds is 4. The fourth-order valence-electron chi connectivity index (χ4n) is 1.67. The number of hydrogen-bond donors (Lipinski definition) is 2. The van der Waals surface area contributed by atoms with Gasteiger partial charge in [-0.05, 0) is 43.0 Å². The molecule has 1 aromatic heterocycles. The van der Waals surface area contributed by atoms with Gasteiger partial charge in [0.25, 0.3) is 5.91 Å². The molecule has 4 nitrogen and oxygen atoms in total. The van der Waals surface area contributed by atoms with E-state index in [2.05, 4.69) is 15.5 Å². The number of hydrogen-bond acceptors (Lipinski definition) is 3. The van der Waals surface area contributed by atoms with Crippen molar-refractivity contribution in [2.45, 2.75) is 23.4 Å². The number of halogens is 3. The van der Waals surface area contributed by atoms with Crippen LogP contribution in [0.5, 0.6) is 0 Å². The lowest BCUT2D eigenvalue weighted by Crippen LogP contribution is -2.26. The Morgan fingerprint density at radius 2 is 2.00 bits per heavy atom. The number of nitrogens with one attached hydrogen (secondary N) is 2.